The van der Waals surface area contributed by atoms with Gasteiger partial charge in [-0.3, -0.25) is 0 Å². The monoisotopic (exact) mass is 183 g/mol. The number of quaternary nitrogens is 1. The van der Waals surface area contributed by atoms with Gasteiger partial charge >= 0.3 is 26.2 Å². The van der Waals surface area contributed by atoms with Crippen molar-refractivity contribution in [2.24, 2.45) is 0 Å². The quantitative estimate of drug-likeness (QED) is 0.498. The fourth-order valence-corrected chi connectivity index (χ4v) is 0. The van der Waals surface area contributed by atoms with E-state index < -0.39 is 12.6 Å². The van der Waals surface area contributed by atoms with Crippen LogP contribution in [-0.2, 0) is 31.0 Å². The molecular weight excluding hydrogens is 177 g/mol. The summed E-state index contributed by atoms with van der Waals surface area (Å²) in [5.41, 5.74) is 0. The summed E-state index contributed by atoms with van der Waals surface area (Å²) in [6, 6.07) is 0. The van der Waals surface area contributed by atoms with Gasteiger partial charge in [0.05, 0.1) is 12.6 Å². The zero-order chi connectivity index (χ0) is 4.28. The van der Waals surface area contributed by atoms with Gasteiger partial charge in [0.2, 0.25) is 0 Å². The van der Waals surface area contributed by atoms with E-state index in [9.17, 15) is 0 Å². The summed E-state index contributed by atoms with van der Waals surface area (Å²) in [5, 5.41) is 16.5. The first-order chi connectivity index (χ1) is 2.27. The molecule has 0 aromatic rings. The van der Waals surface area contributed by atoms with Crippen LogP contribution in [0.3, 0.4) is 0 Å². The maximum atomic E-state index is 9.01. The smallest absolute Gasteiger partial charge is 0.548 e. The van der Waals surface area contributed by atoms with Gasteiger partial charge in [0.15, 0.2) is 0 Å². The second-order valence-electron chi connectivity index (χ2n) is 0.530. The van der Waals surface area contributed by atoms with Crippen LogP contribution in [0.25, 0.3) is 0 Å². The average molecular weight is 184 g/mol. The third kappa shape index (κ3) is 22.2. The zero-order valence-corrected chi connectivity index (χ0v) is 6.43. The Balaban J connectivity index is -0.0000000800. The number of aliphatic hydroxyl groups excluding tert-OH is 1. The molecule has 0 saturated carbocycles. The molecule has 0 radical (unpaired) electrons. The van der Waals surface area contributed by atoms with Crippen LogP contribution >= 0.6 is 0 Å². The Labute approximate surface area is 60.2 Å². The van der Waals surface area contributed by atoms with Crippen molar-refractivity contribution in [1.82, 2.24) is 6.15 Å². The molecule has 0 unspecified atom stereocenters. The number of carboxylic acids is 1. The molecule has 5 N–H and O–H groups in total. The van der Waals surface area contributed by atoms with Crippen molar-refractivity contribution >= 4 is 5.97 Å². The van der Waals surface area contributed by atoms with Crippen LogP contribution < -0.4 is 11.3 Å². The van der Waals surface area contributed by atoms with E-state index in [-0.39, 0.29) is 32.4 Å². The van der Waals surface area contributed by atoms with Crippen molar-refractivity contribution in [3.63, 3.8) is 0 Å². The number of carbonyl (C=O) groups is 1. The van der Waals surface area contributed by atoms with Gasteiger partial charge in [0.25, 0.3) is 0 Å². The summed E-state index contributed by atoms with van der Waals surface area (Å²) in [6.45, 7) is -0.889. The van der Waals surface area contributed by atoms with Gasteiger partial charge in [0, 0.05) is 0 Å². The number of aliphatic carboxylic acids is 1. The van der Waals surface area contributed by atoms with Crippen molar-refractivity contribution in [2.45, 2.75) is 0 Å². The molecule has 0 aliphatic carbocycles. The van der Waals surface area contributed by atoms with Crippen LogP contribution in [0.4, 0.5) is 0 Å². The molecule has 0 rings (SSSR count). The zero-order valence-electron chi connectivity index (χ0n) is 3.97. The molecule has 7 heavy (non-hydrogen) atoms. The maximum absolute atomic E-state index is 9.01. The number of carbonyl (C=O) groups excluding carboxylic acids is 1. The second-order valence-corrected chi connectivity index (χ2v) is 0.530. The Kier molecular flexibility index (Phi) is 21.4. The van der Waals surface area contributed by atoms with Gasteiger partial charge in [-0.2, -0.15) is 0 Å². The van der Waals surface area contributed by atoms with Crippen molar-refractivity contribution < 1.29 is 41.2 Å². The molecule has 0 fully saturated rings. The van der Waals surface area contributed by atoms with E-state index in [2.05, 4.69) is 0 Å². The largest absolute Gasteiger partial charge is 2.00 e. The molecule has 0 amide bonds. The Hall–Kier alpha value is 0.273. The SMILES string of the molecule is O=C([O-])CO.[NH4+].[Zr+2]. The molecule has 5 heteroatoms. The molecular formula is C2H7NO3Zr+2. The van der Waals surface area contributed by atoms with Gasteiger partial charge in [-0.15, -0.1) is 0 Å². The first kappa shape index (κ1) is 15.7. The van der Waals surface area contributed by atoms with E-state index in [1.54, 1.807) is 0 Å². The molecule has 4 nitrogen and oxygen atoms in total. The summed E-state index contributed by atoms with van der Waals surface area (Å²) in [7, 11) is 0. The maximum Gasteiger partial charge on any atom is 2.00 e. The van der Waals surface area contributed by atoms with Crippen LogP contribution in [0.5, 0.6) is 0 Å². The molecule has 0 heterocycles. The number of hydrogen-bond donors (Lipinski definition) is 2. The molecule has 0 spiro atoms. The molecule has 0 atom stereocenters. The van der Waals surface area contributed by atoms with Crippen LogP contribution in [0.2, 0.25) is 0 Å². The van der Waals surface area contributed by atoms with Crippen LogP contribution in [0, 0.1) is 0 Å². The van der Waals surface area contributed by atoms with Crippen molar-refractivity contribution in [3.8, 4) is 0 Å². The van der Waals surface area contributed by atoms with Crippen molar-refractivity contribution in [2.75, 3.05) is 6.61 Å². The van der Waals surface area contributed by atoms with E-state index >= 15 is 0 Å². The van der Waals surface area contributed by atoms with E-state index in [0.29, 0.717) is 0 Å². The van der Waals surface area contributed by atoms with Crippen LogP contribution in [-0.4, -0.2) is 17.7 Å². The predicted molar refractivity (Wildman–Crippen MR) is 18.1 cm³/mol. The molecule has 0 saturated heterocycles. The first-order valence-corrected chi connectivity index (χ1v) is 1.08. The van der Waals surface area contributed by atoms with E-state index in [0.717, 1.165) is 0 Å². The molecule has 40 valence electrons. The summed E-state index contributed by atoms with van der Waals surface area (Å²) >= 11 is 0. The van der Waals surface area contributed by atoms with E-state index in [4.69, 9.17) is 15.0 Å². The van der Waals surface area contributed by atoms with Crippen LogP contribution in [0.1, 0.15) is 0 Å². The Morgan fingerprint density at radius 2 is 1.86 bits per heavy atom. The summed E-state index contributed by atoms with van der Waals surface area (Å²) < 4.78 is 0. The average Bonchev–Trinajstić information content (AvgIpc) is 1.38. The minimum atomic E-state index is -1.44. The second kappa shape index (κ2) is 9.55. The predicted octanol–water partition coefficient (Wildman–Crippen LogP) is -1.90. The Morgan fingerprint density at radius 1 is 1.71 bits per heavy atom. The van der Waals surface area contributed by atoms with E-state index in [1.165, 1.54) is 0 Å². The van der Waals surface area contributed by atoms with E-state index in [1.807, 2.05) is 0 Å². The van der Waals surface area contributed by atoms with Gasteiger partial charge in [-0.1, -0.05) is 0 Å². The molecule has 0 aromatic heterocycles. The number of aliphatic hydroxyl groups is 1. The van der Waals surface area contributed by atoms with Crippen LogP contribution in [0.15, 0.2) is 0 Å². The van der Waals surface area contributed by atoms with Gasteiger partial charge in [-0.05, 0) is 0 Å². The molecule has 0 aliphatic rings. The fraction of sp³-hybridized carbons (Fsp3) is 0.500. The Morgan fingerprint density at radius 3 is 1.86 bits per heavy atom. The van der Waals surface area contributed by atoms with Gasteiger partial charge in [-0.25, -0.2) is 0 Å². The number of hydrogen-bond acceptors (Lipinski definition) is 3. The number of carboxylic acid groups (broad SMARTS) is 1. The third-order valence-corrected chi connectivity index (χ3v) is 0.129. The van der Waals surface area contributed by atoms with Gasteiger partial charge in [0.1, 0.15) is 0 Å². The summed E-state index contributed by atoms with van der Waals surface area (Å²) in [6.07, 6.45) is 0. The fourth-order valence-electron chi connectivity index (χ4n) is 0. The first-order valence-electron chi connectivity index (χ1n) is 1.08. The minimum Gasteiger partial charge on any atom is -0.548 e. The van der Waals surface area contributed by atoms with Gasteiger partial charge < -0.3 is 21.2 Å². The normalized spacial score (nSPS) is 5.29. The summed E-state index contributed by atoms with van der Waals surface area (Å²) in [5.74, 6) is -1.44. The molecule has 0 bridgehead atoms. The standard InChI is InChI=1S/C2H4O3.H3N.Zr/c3-1-2(4)5;;/h3H,1H2,(H,4,5);1H3;/q;;+2. The summed E-state index contributed by atoms with van der Waals surface area (Å²) in [4.78, 5) is 9.01. The topological polar surface area (TPSA) is 96.9 Å². The Bertz CT molecular complexity index is 48.2. The minimum absolute atomic E-state index is 0. The molecule has 0 aliphatic heterocycles. The third-order valence-electron chi connectivity index (χ3n) is 0.129. The van der Waals surface area contributed by atoms with Crippen molar-refractivity contribution in [3.05, 3.63) is 0 Å². The van der Waals surface area contributed by atoms with Crippen molar-refractivity contribution in [1.29, 1.82) is 0 Å². The molecule has 0 aromatic carbocycles. The number of rotatable bonds is 1.